The van der Waals surface area contributed by atoms with E-state index in [4.69, 9.17) is 16.3 Å². The second kappa shape index (κ2) is 9.97. The Balaban J connectivity index is 1.89. The summed E-state index contributed by atoms with van der Waals surface area (Å²) < 4.78 is 45.7. The SMILES string of the molecule is COc1ccc(Cl)cc1C(=O)N1CCCC1C(=O)NCCCOCC(F)(F)F. The van der Waals surface area contributed by atoms with Crippen LogP contribution in [-0.2, 0) is 9.53 Å². The number of rotatable bonds is 8. The lowest BCUT2D eigenvalue weighted by atomic mass is 10.1. The zero-order chi connectivity index (χ0) is 20.7. The van der Waals surface area contributed by atoms with Gasteiger partial charge in [0, 0.05) is 24.7 Å². The van der Waals surface area contributed by atoms with Crippen molar-refractivity contribution < 1.29 is 32.2 Å². The van der Waals surface area contributed by atoms with Gasteiger partial charge in [-0.1, -0.05) is 11.6 Å². The molecule has 1 aliphatic heterocycles. The van der Waals surface area contributed by atoms with Gasteiger partial charge >= 0.3 is 6.18 Å². The van der Waals surface area contributed by atoms with Gasteiger partial charge in [-0.25, -0.2) is 0 Å². The molecule has 2 amide bonds. The van der Waals surface area contributed by atoms with E-state index in [-0.39, 0.29) is 37.0 Å². The number of methoxy groups -OCH3 is 1. The lowest BCUT2D eigenvalue weighted by Crippen LogP contribution is -2.46. The van der Waals surface area contributed by atoms with Gasteiger partial charge in [0.25, 0.3) is 5.91 Å². The van der Waals surface area contributed by atoms with Crippen LogP contribution in [0, 0.1) is 0 Å². The van der Waals surface area contributed by atoms with Gasteiger partial charge < -0.3 is 19.7 Å². The number of amides is 2. The molecule has 1 aromatic carbocycles. The van der Waals surface area contributed by atoms with E-state index in [9.17, 15) is 22.8 Å². The Morgan fingerprint density at radius 1 is 1.36 bits per heavy atom. The molecular formula is C18H22ClF3N2O4. The maximum atomic E-state index is 12.9. The molecule has 1 atom stereocenters. The van der Waals surface area contributed by atoms with E-state index in [1.165, 1.54) is 18.1 Å². The summed E-state index contributed by atoms with van der Waals surface area (Å²) in [4.78, 5) is 26.8. The number of carbonyl (C=O) groups is 2. The maximum Gasteiger partial charge on any atom is 0.411 e. The molecule has 1 N–H and O–H groups in total. The zero-order valence-corrected chi connectivity index (χ0v) is 16.1. The van der Waals surface area contributed by atoms with Crippen molar-refractivity contribution in [3.63, 3.8) is 0 Å². The molecule has 156 valence electrons. The van der Waals surface area contributed by atoms with Gasteiger partial charge in [-0.2, -0.15) is 13.2 Å². The quantitative estimate of drug-likeness (QED) is 0.654. The minimum atomic E-state index is -4.37. The van der Waals surface area contributed by atoms with Crippen LogP contribution in [0.2, 0.25) is 5.02 Å². The largest absolute Gasteiger partial charge is 0.496 e. The third-order valence-corrected chi connectivity index (χ3v) is 4.47. The predicted octanol–water partition coefficient (Wildman–Crippen LogP) is 3.04. The van der Waals surface area contributed by atoms with E-state index in [2.05, 4.69) is 10.1 Å². The Hall–Kier alpha value is -2.00. The summed E-state index contributed by atoms with van der Waals surface area (Å²) in [6.45, 7) is -0.850. The van der Waals surface area contributed by atoms with Gasteiger partial charge in [0.05, 0.1) is 12.7 Å². The van der Waals surface area contributed by atoms with Crippen LogP contribution in [0.4, 0.5) is 13.2 Å². The summed E-state index contributed by atoms with van der Waals surface area (Å²) in [6, 6.07) is 4.04. The Labute approximate surface area is 165 Å². The molecule has 1 fully saturated rings. The first kappa shape index (κ1) is 22.3. The second-order valence-electron chi connectivity index (χ2n) is 6.31. The van der Waals surface area contributed by atoms with E-state index in [0.29, 0.717) is 30.2 Å². The fraction of sp³-hybridized carbons (Fsp3) is 0.556. The van der Waals surface area contributed by atoms with E-state index in [1.807, 2.05) is 0 Å². The number of hydrogen-bond acceptors (Lipinski definition) is 4. The number of alkyl halides is 3. The van der Waals surface area contributed by atoms with Gasteiger partial charge in [-0.05, 0) is 37.5 Å². The highest BCUT2D eigenvalue weighted by Gasteiger charge is 2.35. The molecule has 1 saturated heterocycles. The Morgan fingerprint density at radius 3 is 2.79 bits per heavy atom. The van der Waals surface area contributed by atoms with E-state index in [1.54, 1.807) is 12.1 Å². The number of benzene rings is 1. The van der Waals surface area contributed by atoms with Crippen molar-refractivity contribution >= 4 is 23.4 Å². The Bertz CT molecular complexity index is 700. The van der Waals surface area contributed by atoms with E-state index in [0.717, 1.165) is 0 Å². The van der Waals surface area contributed by atoms with Crippen LogP contribution < -0.4 is 10.1 Å². The van der Waals surface area contributed by atoms with Crippen molar-refractivity contribution in [1.82, 2.24) is 10.2 Å². The minimum Gasteiger partial charge on any atom is -0.496 e. The number of likely N-dealkylation sites (tertiary alicyclic amines) is 1. The van der Waals surface area contributed by atoms with Crippen molar-refractivity contribution in [2.24, 2.45) is 0 Å². The van der Waals surface area contributed by atoms with Gasteiger partial charge in [0.2, 0.25) is 5.91 Å². The first-order valence-electron chi connectivity index (χ1n) is 8.79. The summed E-state index contributed by atoms with van der Waals surface area (Å²) in [5.74, 6) is -0.338. The minimum absolute atomic E-state index is 0.118. The van der Waals surface area contributed by atoms with E-state index < -0.39 is 18.8 Å². The molecule has 2 rings (SSSR count). The van der Waals surface area contributed by atoms with Crippen LogP contribution >= 0.6 is 11.6 Å². The molecule has 0 saturated carbocycles. The molecule has 6 nitrogen and oxygen atoms in total. The molecule has 0 aromatic heterocycles. The summed E-state index contributed by atoms with van der Waals surface area (Å²) in [7, 11) is 1.44. The van der Waals surface area contributed by atoms with Crippen molar-refractivity contribution in [3.8, 4) is 5.75 Å². The van der Waals surface area contributed by atoms with Crippen LogP contribution in [0.25, 0.3) is 0 Å². The third kappa shape index (κ3) is 6.27. The number of nitrogens with one attached hydrogen (secondary N) is 1. The highest BCUT2D eigenvalue weighted by Crippen LogP contribution is 2.27. The number of ether oxygens (including phenoxy) is 2. The third-order valence-electron chi connectivity index (χ3n) is 4.24. The highest BCUT2D eigenvalue weighted by molar-refractivity contribution is 6.31. The molecule has 1 aliphatic rings. The number of nitrogens with zero attached hydrogens (tertiary/aromatic N) is 1. The normalized spacial score (nSPS) is 16.9. The molecule has 0 aliphatic carbocycles. The fourth-order valence-electron chi connectivity index (χ4n) is 2.98. The molecule has 0 bridgehead atoms. The van der Waals surface area contributed by atoms with Crippen molar-refractivity contribution in [3.05, 3.63) is 28.8 Å². The van der Waals surface area contributed by atoms with Gasteiger partial charge in [0.15, 0.2) is 0 Å². The summed E-state index contributed by atoms with van der Waals surface area (Å²) >= 11 is 5.97. The van der Waals surface area contributed by atoms with Crippen molar-refractivity contribution in [1.29, 1.82) is 0 Å². The molecular weight excluding hydrogens is 401 g/mol. The molecule has 10 heteroatoms. The zero-order valence-electron chi connectivity index (χ0n) is 15.4. The monoisotopic (exact) mass is 422 g/mol. The Kier molecular flexibility index (Phi) is 7.94. The molecule has 1 unspecified atom stereocenters. The molecule has 28 heavy (non-hydrogen) atoms. The van der Waals surface area contributed by atoms with Crippen molar-refractivity contribution in [2.75, 3.05) is 33.4 Å². The first-order chi connectivity index (χ1) is 13.2. The van der Waals surface area contributed by atoms with Gasteiger partial charge in [-0.3, -0.25) is 9.59 Å². The highest BCUT2D eigenvalue weighted by atomic mass is 35.5. The molecule has 1 aromatic rings. The first-order valence-corrected chi connectivity index (χ1v) is 9.17. The standard InChI is InChI=1S/C18H22ClF3N2O4/c1-27-15-6-5-12(19)10-13(15)17(26)24-8-2-4-14(24)16(25)23-7-3-9-28-11-18(20,21)22/h5-6,10,14H,2-4,7-9,11H2,1H3,(H,23,25). The van der Waals surface area contributed by atoms with Crippen molar-refractivity contribution in [2.45, 2.75) is 31.5 Å². The average molecular weight is 423 g/mol. The number of carbonyl (C=O) groups excluding carboxylic acids is 2. The maximum absolute atomic E-state index is 12.9. The number of halogens is 4. The number of hydrogen-bond donors (Lipinski definition) is 1. The Morgan fingerprint density at radius 2 is 2.11 bits per heavy atom. The lowest BCUT2D eigenvalue weighted by Gasteiger charge is -2.25. The van der Waals surface area contributed by atoms with Crippen LogP contribution in [0.5, 0.6) is 5.75 Å². The summed E-state index contributed by atoms with van der Waals surface area (Å²) in [5, 5.41) is 3.03. The van der Waals surface area contributed by atoms with Crippen LogP contribution in [-0.4, -0.2) is 62.3 Å². The van der Waals surface area contributed by atoms with Gasteiger partial charge in [-0.15, -0.1) is 0 Å². The topological polar surface area (TPSA) is 67.9 Å². The van der Waals surface area contributed by atoms with Crippen LogP contribution in [0.1, 0.15) is 29.6 Å². The smallest absolute Gasteiger partial charge is 0.411 e. The predicted molar refractivity (Wildman–Crippen MR) is 96.6 cm³/mol. The molecule has 0 spiro atoms. The van der Waals surface area contributed by atoms with Gasteiger partial charge in [0.1, 0.15) is 18.4 Å². The summed E-state index contributed by atoms with van der Waals surface area (Å²) in [5.41, 5.74) is 0.273. The molecule has 1 heterocycles. The second-order valence-corrected chi connectivity index (χ2v) is 6.75. The van der Waals surface area contributed by atoms with Crippen LogP contribution in [0.3, 0.4) is 0 Å². The fourth-order valence-corrected chi connectivity index (χ4v) is 3.15. The summed E-state index contributed by atoms with van der Waals surface area (Å²) in [6.07, 6.45) is -2.95. The lowest BCUT2D eigenvalue weighted by molar-refractivity contribution is -0.174. The van der Waals surface area contributed by atoms with Crippen LogP contribution in [0.15, 0.2) is 18.2 Å². The average Bonchev–Trinajstić information content (AvgIpc) is 3.12. The van der Waals surface area contributed by atoms with E-state index >= 15 is 0 Å². The molecule has 0 radical (unpaired) electrons.